The van der Waals surface area contributed by atoms with Crippen LogP contribution in [0.2, 0.25) is 0 Å². The Morgan fingerprint density at radius 2 is 2.21 bits per heavy atom. The summed E-state index contributed by atoms with van der Waals surface area (Å²) in [6, 6.07) is 7.04. The number of amides is 1. The van der Waals surface area contributed by atoms with Gasteiger partial charge in [0.05, 0.1) is 5.56 Å². The Bertz CT molecular complexity index is 347. The first kappa shape index (κ1) is 10.3. The molecular weight excluding hydrogens is 176 g/mol. The van der Waals surface area contributed by atoms with Crippen LogP contribution in [0.3, 0.4) is 0 Å². The standard InChI is InChI=1S/C11H14N2O/c1-3-8-13(2)11(14)9-6-4-5-7-10(9)12/h3-7H,1,8,12H2,2H3. The van der Waals surface area contributed by atoms with Crippen molar-refractivity contribution in [3.63, 3.8) is 0 Å². The van der Waals surface area contributed by atoms with E-state index >= 15 is 0 Å². The van der Waals surface area contributed by atoms with Gasteiger partial charge >= 0.3 is 0 Å². The first-order valence-corrected chi connectivity index (χ1v) is 4.37. The van der Waals surface area contributed by atoms with E-state index in [-0.39, 0.29) is 5.91 Å². The number of rotatable bonds is 3. The number of nitrogen functional groups attached to an aromatic ring is 1. The predicted octanol–water partition coefficient (Wildman–Crippen LogP) is 1.53. The summed E-state index contributed by atoms with van der Waals surface area (Å²) in [6.07, 6.45) is 1.68. The minimum absolute atomic E-state index is 0.0806. The summed E-state index contributed by atoms with van der Waals surface area (Å²) >= 11 is 0. The number of nitrogens with two attached hydrogens (primary N) is 1. The Morgan fingerprint density at radius 1 is 1.57 bits per heavy atom. The van der Waals surface area contributed by atoms with E-state index < -0.39 is 0 Å². The number of benzene rings is 1. The molecule has 74 valence electrons. The van der Waals surface area contributed by atoms with Gasteiger partial charge in [0.1, 0.15) is 0 Å². The van der Waals surface area contributed by atoms with Gasteiger partial charge in [-0.3, -0.25) is 4.79 Å². The molecule has 0 aliphatic heterocycles. The van der Waals surface area contributed by atoms with Crippen molar-refractivity contribution < 1.29 is 4.79 Å². The zero-order valence-electron chi connectivity index (χ0n) is 8.23. The summed E-state index contributed by atoms with van der Waals surface area (Å²) < 4.78 is 0. The van der Waals surface area contributed by atoms with E-state index in [9.17, 15) is 4.79 Å². The van der Waals surface area contributed by atoms with Crippen molar-refractivity contribution in [1.29, 1.82) is 0 Å². The van der Waals surface area contributed by atoms with Crippen molar-refractivity contribution in [3.05, 3.63) is 42.5 Å². The summed E-state index contributed by atoms with van der Waals surface area (Å²) in [7, 11) is 1.72. The quantitative estimate of drug-likeness (QED) is 0.580. The lowest BCUT2D eigenvalue weighted by molar-refractivity contribution is 0.0811. The molecule has 3 heteroatoms. The average molecular weight is 190 g/mol. The van der Waals surface area contributed by atoms with Crippen molar-refractivity contribution in [2.75, 3.05) is 19.3 Å². The highest BCUT2D eigenvalue weighted by molar-refractivity contribution is 5.98. The number of carbonyl (C=O) groups excluding carboxylic acids is 1. The van der Waals surface area contributed by atoms with Gasteiger partial charge in [-0.15, -0.1) is 6.58 Å². The molecule has 3 nitrogen and oxygen atoms in total. The SMILES string of the molecule is C=CCN(C)C(=O)c1ccccc1N. The van der Waals surface area contributed by atoms with Crippen molar-refractivity contribution in [2.45, 2.75) is 0 Å². The highest BCUT2D eigenvalue weighted by Crippen LogP contribution is 2.12. The highest BCUT2D eigenvalue weighted by Gasteiger charge is 2.12. The molecule has 1 aromatic carbocycles. The molecule has 14 heavy (non-hydrogen) atoms. The molecule has 0 unspecified atom stereocenters. The van der Waals surface area contributed by atoms with E-state index in [1.165, 1.54) is 0 Å². The smallest absolute Gasteiger partial charge is 0.255 e. The van der Waals surface area contributed by atoms with E-state index in [0.29, 0.717) is 17.8 Å². The summed E-state index contributed by atoms with van der Waals surface area (Å²) in [5.41, 5.74) is 6.73. The third kappa shape index (κ3) is 2.13. The van der Waals surface area contributed by atoms with Crippen LogP contribution in [0, 0.1) is 0 Å². The summed E-state index contributed by atoms with van der Waals surface area (Å²) in [4.78, 5) is 13.3. The topological polar surface area (TPSA) is 46.3 Å². The van der Waals surface area contributed by atoms with Crippen LogP contribution in [-0.4, -0.2) is 24.4 Å². The third-order valence-electron chi connectivity index (χ3n) is 1.94. The lowest BCUT2D eigenvalue weighted by Gasteiger charge is -2.15. The maximum atomic E-state index is 11.8. The van der Waals surface area contributed by atoms with Crippen LogP contribution < -0.4 is 5.73 Å². The van der Waals surface area contributed by atoms with Gasteiger partial charge in [-0.2, -0.15) is 0 Å². The Morgan fingerprint density at radius 3 is 2.79 bits per heavy atom. The molecular formula is C11H14N2O. The lowest BCUT2D eigenvalue weighted by atomic mass is 10.1. The van der Waals surface area contributed by atoms with Gasteiger partial charge in [0.25, 0.3) is 5.91 Å². The fourth-order valence-corrected chi connectivity index (χ4v) is 1.17. The third-order valence-corrected chi connectivity index (χ3v) is 1.94. The maximum absolute atomic E-state index is 11.8. The maximum Gasteiger partial charge on any atom is 0.255 e. The lowest BCUT2D eigenvalue weighted by Crippen LogP contribution is -2.27. The molecule has 0 aliphatic rings. The molecule has 0 atom stereocenters. The van der Waals surface area contributed by atoms with Crippen molar-refractivity contribution >= 4 is 11.6 Å². The Kier molecular flexibility index (Phi) is 3.29. The molecule has 0 spiro atoms. The second kappa shape index (κ2) is 4.46. The van der Waals surface area contributed by atoms with Gasteiger partial charge in [0.2, 0.25) is 0 Å². The summed E-state index contributed by atoms with van der Waals surface area (Å²) in [5, 5.41) is 0. The van der Waals surface area contributed by atoms with E-state index in [4.69, 9.17) is 5.73 Å². The molecule has 0 heterocycles. The van der Waals surface area contributed by atoms with Crippen LogP contribution in [0.4, 0.5) is 5.69 Å². The number of para-hydroxylation sites is 1. The zero-order valence-corrected chi connectivity index (χ0v) is 8.23. The number of hydrogen-bond acceptors (Lipinski definition) is 2. The number of nitrogens with zero attached hydrogens (tertiary/aromatic N) is 1. The van der Waals surface area contributed by atoms with E-state index in [0.717, 1.165) is 0 Å². The normalized spacial score (nSPS) is 9.50. The van der Waals surface area contributed by atoms with Crippen molar-refractivity contribution in [2.24, 2.45) is 0 Å². The number of hydrogen-bond donors (Lipinski definition) is 1. The van der Waals surface area contributed by atoms with Crippen LogP contribution in [-0.2, 0) is 0 Å². The fraction of sp³-hybridized carbons (Fsp3) is 0.182. The summed E-state index contributed by atoms with van der Waals surface area (Å²) in [6.45, 7) is 4.10. The minimum Gasteiger partial charge on any atom is -0.398 e. The molecule has 1 aromatic rings. The largest absolute Gasteiger partial charge is 0.398 e. The van der Waals surface area contributed by atoms with Crippen molar-refractivity contribution in [3.8, 4) is 0 Å². The van der Waals surface area contributed by atoms with Crippen LogP contribution in [0.1, 0.15) is 10.4 Å². The van der Waals surface area contributed by atoms with Crippen LogP contribution in [0.5, 0.6) is 0 Å². The highest BCUT2D eigenvalue weighted by atomic mass is 16.2. The predicted molar refractivity (Wildman–Crippen MR) is 58.0 cm³/mol. The van der Waals surface area contributed by atoms with Gasteiger partial charge in [0, 0.05) is 19.3 Å². The first-order chi connectivity index (χ1) is 6.66. The monoisotopic (exact) mass is 190 g/mol. The second-order valence-corrected chi connectivity index (χ2v) is 3.06. The molecule has 0 aliphatic carbocycles. The van der Waals surface area contributed by atoms with Gasteiger partial charge < -0.3 is 10.6 Å². The minimum atomic E-state index is -0.0806. The van der Waals surface area contributed by atoms with Gasteiger partial charge in [-0.05, 0) is 12.1 Å². The second-order valence-electron chi connectivity index (χ2n) is 3.06. The van der Waals surface area contributed by atoms with Gasteiger partial charge in [0.15, 0.2) is 0 Å². The first-order valence-electron chi connectivity index (χ1n) is 4.37. The molecule has 1 rings (SSSR count). The van der Waals surface area contributed by atoms with Crippen LogP contribution in [0.25, 0.3) is 0 Å². The number of anilines is 1. The summed E-state index contributed by atoms with van der Waals surface area (Å²) in [5.74, 6) is -0.0806. The molecule has 0 fully saturated rings. The number of likely N-dealkylation sites (N-methyl/N-ethyl adjacent to an activating group) is 1. The molecule has 0 aromatic heterocycles. The van der Waals surface area contributed by atoms with E-state index in [2.05, 4.69) is 6.58 Å². The Balaban J connectivity index is 2.89. The van der Waals surface area contributed by atoms with Crippen LogP contribution >= 0.6 is 0 Å². The average Bonchev–Trinajstić information content (AvgIpc) is 2.18. The molecule has 0 saturated carbocycles. The Labute approximate surface area is 83.8 Å². The van der Waals surface area contributed by atoms with Crippen molar-refractivity contribution in [1.82, 2.24) is 4.90 Å². The zero-order chi connectivity index (χ0) is 10.6. The Hall–Kier alpha value is -1.77. The molecule has 2 N–H and O–H groups in total. The van der Waals surface area contributed by atoms with E-state index in [1.54, 1.807) is 42.3 Å². The number of carbonyl (C=O) groups is 1. The van der Waals surface area contributed by atoms with E-state index in [1.807, 2.05) is 0 Å². The van der Waals surface area contributed by atoms with Crippen LogP contribution in [0.15, 0.2) is 36.9 Å². The van der Waals surface area contributed by atoms with Gasteiger partial charge in [-0.1, -0.05) is 18.2 Å². The fourth-order valence-electron chi connectivity index (χ4n) is 1.17. The molecule has 0 saturated heterocycles. The molecule has 0 bridgehead atoms. The molecule has 1 amide bonds. The molecule has 0 radical (unpaired) electrons. The van der Waals surface area contributed by atoms with Gasteiger partial charge in [-0.25, -0.2) is 0 Å².